The quantitative estimate of drug-likeness (QED) is 0.714. The van der Waals surface area contributed by atoms with Crippen LogP contribution in [0.25, 0.3) is 11.0 Å². The maximum absolute atomic E-state index is 13.3. The predicted molar refractivity (Wildman–Crippen MR) is 113 cm³/mol. The van der Waals surface area contributed by atoms with E-state index in [0.29, 0.717) is 30.6 Å². The van der Waals surface area contributed by atoms with Crippen molar-refractivity contribution in [1.82, 2.24) is 14.5 Å². The van der Waals surface area contributed by atoms with Crippen molar-refractivity contribution >= 4 is 16.9 Å². The van der Waals surface area contributed by atoms with Crippen LogP contribution in [-0.2, 0) is 6.42 Å². The van der Waals surface area contributed by atoms with Crippen LogP contribution in [0.5, 0.6) is 5.75 Å². The van der Waals surface area contributed by atoms with Gasteiger partial charge in [-0.05, 0) is 48.4 Å². The first-order valence-corrected chi connectivity index (χ1v) is 10.8. The number of aromatic nitrogens is 2. The van der Waals surface area contributed by atoms with Crippen LogP contribution in [0, 0.1) is 11.8 Å². The summed E-state index contributed by atoms with van der Waals surface area (Å²) in [6, 6.07) is 13.9. The number of aliphatic hydroxyl groups excluding tert-OH is 1. The Kier molecular flexibility index (Phi) is 4.09. The number of carbonyl (C=O) groups is 1. The van der Waals surface area contributed by atoms with E-state index in [1.807, 2.05) is 47.6 Å². The molecular formula is C24H25N3O3. The summed E-state index contributed by atoms with van der Waals surface area (Å²) >= 11 is 0. The number of para-hydroxylation sites is 3. The Labute approximate surface area is 175 Å². The number of fused-ring (bicyclic) bond motifs is 3. The van der Waals surface area contributed by atoms with Crippen LogP contribution in [0.15, 0.2) is 48.8 Å². The lowest BCUT2D eigenvalue weighted by Crippen LogP contribution is -2.36. The van der Waals surface area contributed by atoms with Gasteiger partial charge in [-0.3, -0.25) is 4.79 Å². The molecule has 6 nitrogen and oxygen atoms in total. The van der Waals surface area contributed by atoms with E-state index in [0.717, 1.165) is 48.2 Å². The van der Waals surface area contributed by atoms with Crippen molar-refractivity contribution in [3.63, 3.8) is 0 Å². The van der Waals surface area contributed by atoms with Crippen molar-refractivity contribution in [2.24, 2.45) is 11.8 Å². The number of nitrogens with zero attached hydrogens (tertiary/aromatic N) is 3. The van der Waals surface area contributed by atoms with E-state index in [1.165, 1.54) is 0 Å². The molecule has 1 saturated carbocycles. The molecule has 3 aromatic rings. The van der Waals surface area contributed by atoms with Gasteiger partial charge < -0.3 is 19.3 Å². The average Bonchev–Trinajstić information content (AvgIpc) is 3.49. The zero-order valence-electron chi connectivity index (χ0n) is 16.8. The third kappa shape index (κ3) is 2.74. The number of imidazole rings is 1. The molecule has 2 aliphatic heterocycles. The number of amides is 1. The Morgan fingerprint density at radius 2 is 1.90 bits per heavy atom. The van der Waals surface area contributed by atoms with Gasteiger partial charge in [0.15, 0.2) is 0 Å². The summed E-state index contributed by atoms with van der Waals surface area (Å²) in [7, 11) is 0. The molecule has 0 spiro atoms. The van der Waals surface area contributed by atoms with Crippen LogP contribution in [0.1, 0.15) is 34.8 Å². The monoisotopic (exact) mass is 403 g/mol. The largest absolute Gasteiger partial charge is 0.492 e. The second-order valence-corrected chi connectivity index (χ2v) is 8.87. The Bertz CT molecular complexity index is 1120. The molecular weight excluding hydrogens is 378 g/mol. The zero-order chi connectivity index (χ0) is 20.2. The van der Waals surface area contributed by atoms with Crippen LogP contribution < -0.4 is 4.74 Å². The molecule has 1 saturated heterocycles. The Morgan fingerprint density at radius 3 is 2.80 bits per heavy atom. The van der Waals surface area contributed by atoms with Gasteiger partial charge >= 0.3 is 0 Å². The van der Waals surface area contributed by atoms with Crippen molar-refractivity contribution in [3.05, 3.63) is 59.9 Å². The first-order chi connectivity index (χ1) is 14.7. The number of ether oxygens (including phenoxy) is 1. The smallest absolute Gasteiger partial charge is 0.257 e. The van der Waals surface area contributed by atoms with E-state index in [-0.39, 0.29) is 11.9 Å². The highest BCUT2D eigenvalue weighted by Gasteiger charge is 2.44. The molecule has 1 amide bonds. The number of aliphatic hydroxyl groups is 1. The minimum Gasteiger partial charge on any atom is -0.492 e. The van der Waals surface area contributed by atoms with Crippen molar-refractivity contribution in [1.29, 1.82) is 0 Å². The highest BCUT2D eigenvalue weighted by Crippen LogP contribution is 2.43. The summed E-state index contributed by atoms with van der Waals surface area (Å²) in [4.78, 5) is 19.8. The maximum atomic E-state index is 13.3. The van der Waals surface area contributed by atoms with Gasteiger partial charge in [0.25, 0.3) is 5.91 Å². The summed E-state index contributed by atoms with van der Waals surface area (Å²) in [5.74, 6) is 1.55. The van der Waals surface area contributed by atoms with Crippen LogP contribution in [-0.4, -0.2) is 51.3 Å². The first kappa shape index (κ1) is 18.0. The van der Waals surface area contributed by atoms with Gasteiger partial charge in [-0.2, -0.15) is 0 Å². The topological polar surface area (TPSA) is 67.6 Å². The van der Waals surface area contributed by atoms with Gasteiger partial charge in [0.2, 0.25) is 0 Å². The summed E-state index contributed by atoms with van der Waals surface area (Å²) < 4.78 is 7.88. The van der Waals surface area contributed by atoms with E-state index in [9.17, 15) is 9.90 Å². The summed E-state index contributed by atoms with van der Waals surface area (Å²) in [6.07, 6.45) is 3.87. The van der Waals surface area contributed by atoms with Gasteiger partial charge in [-0.15, -0.1) is 0 Å². The number of benzene rings is 2. The van der Waals surface area contributed by atoms with Gasteiger partial charge in [0, 0.05) is 19.5 Å². The summed E-state index contributed by atoms with van der Waals surface area (Å²) in [6.45, 7) is 2.10. The molecule has 2 aromatic carbocycles. The molecule has 154 valence electrons. The summed E-state index contributed by atoms with van der Waals surface area (Å²) in [5.41, 5.74) is 3.82. The third-order valence-electron chi connectivity index (χ3n) is 7.18. The van der Waals surface area contributed by atoms with E-state index < -0.39 is 6.10 Å². The number of hydrogen-bond donors (Lipinski definition) is 1. The lowest BCUT2D eigenvalue weighted by atomic mass is 9.77. The average molecular weight is 403 g/mol. The van der Waals surface area contributed by atoms with Crippen molar-refractivity contribution in [2.75, 3.05) is 19.7 Å². The molecule has 30 heavy (non-hydrogen) atoms. The molecule has 2 fully saturated rings. The highest BCUT2D eigenvalue weighted by atomic mass is 16.5. The number of rotatable bonds is 2. The molecule has 6 heteroatoms. The fourth-order valence-corrected chi connectivity index (χ4v) is 5.67. The molecule has 6 rings (SSSR count). The highest BCUT2D eigenvalue weighted by molar-refractivity contribution is 5.97. The molecule has 1 N–H and O–H groups in total. The molecule has 0 unspecified atom stereocenters. The molecule has 4 atom stereocenters. The number of likely N-dealkylation sites (tertiary alicyclic amines) is 1. The SMILES string of the molecule is O=C(c1cccc2c1OCC2)N1C[C@H]2C[C@@H](n3cnc4ccccc43)[C@H](O)C[C@H]2C1. The molecule has 3 aliphatic rings. The van der Waals surface area contributed by atoms with Crippen molar-refractivity contribution in [2.45, 2.75) is 31.4 Å². The van der Waals surface area contributed by atoms with Crippen LogP contribution in [0.4, 0.5) is 0 Å². The Morgan fingerprint density at radius 1 is 1.07 bits per heavy atom. The fraction of sp³-hybridized carbons (Fsp3) is 0.417. The van der Waals surface area contributed by atoms with Gasteiger partial charge in [-0.25, -0.2) is 4.98 Å². The van der Waals surface area contributed by atoms with E-state index in [4.69, 9.17) is 4.74 Å². The number of hydrogen-bond acceptors (Lipinski definition) is 4. The van der Waals surface area contributed by atoms with Gasteiger partial charge in [0.05, 0.1) is 41.7 Å². The molecule has 1 aliphatic carbocycles. The van der Waals surface area contributed by atoms with E-state index >= 15 is 0 Å². The summed E-state index contributed by atoms with van der Waals surface area (Å²) in [5, 5.41) is 10.9. The number of carbonyl (C=O) groups excluding carboxylic acids is 1. The lowest BCUT2D eigenvalue weighted by Gasteiger charge is -2.36. The second kappa shape index (κ2) is 6.84. The fourth-order valence-electron chi connectivity index (χ4n) is 5.67. The van der Waals surface area contributed by atoms with Crippen LogP contribution in [0.3, 0.4) is 0 Å². The van der Waals surface area contributed by atoms with E-state index in [2.05, 4.69) is 15.6 Å². The van der Waals surface area contributed by atoms with Gasteiger partial charge in [-0.1, -0.05) is 24.3 Å². The zero-order valence-corrected chi connectivity index (χ0v) is 16.8. The standard InChI is InChI=1S/C24H25N3O3/c28-22-11-17-13-26(24(29)18-5-3-4-15-8-9-30-23(15)18)12-16(17)10-21(22)27-14-25-19-6-1-2-7-20(19)27/h1-7,14,16-17,21-22,28H,8-13H2/t16-,17+,21-,22-/m1/s1. The molecule has 0 bridgehead atoms. The Balaban J connectivity index is 1.24. The molecule has 0 radical (unpaired) electrons. The van der Waals surface area contributed by atoms with Crippen LogP contribution in [0.2, 0.25) is 0 Å². The van der Waals surface area contributed by atoms with Crippen LogP contribution >= 0.6 is 0 Å². The molecule has 3 heterocycles. The first-order valence-electron chi connectivity index (χ1n) is 10.8. The lowest BCUT2D eigenvalue weighted by molar-refractivity contribution is 0.0374. The minimum atomic E-state index is -0.428. The van der Waals surface area contributed by atoms with Crippen molar-refractivity contribution < 1.29 is 14.6 Å². The maximum Gasteiger partial charge on any atom is 0.257 e. The third-order valence-corrected chi connectivity index (χ3v) is 7.18. The molecule has 1 aromatic heterocycles. The minimum absolute atomic E-state index is 0.00184. The van der Waals surface area contributed by atoms with E-state index in [1.54, 1.807) is 0 Å². The van der Waals surface area contributed by atoms with Gasteiger partial charge in [0.1, 0.15) is 5.75 Å². The Hall–Kier alpha value is -2.86. The normalized spacial score (nSPS) is 27.7. The predicted octanol–water partition coefficient (Wildman–Crippen LogP) is 3.06. The van der Waals surface area contributed by atoms with Crippen molar-refractivity contribution in [3.8, 4) is 5.75 Å². The second-order valence-electron chi connectivity index (χ2n) is 8.87.